The Kier molecular flexibility index (Phi) is 4.09. The molecule has 1 aliphatic rings. The summed E-state index contributed by atoms with van der Waals surface area (Å²) < 4.78 is 19.1. The molecule has 2 rings (SSSR count). The standard InChI is InChI=1S/C15H21FN2O3/c1-4-21-11-7-10(15(11,2)3)18-9-6-5-8(16)13(17)12(9)14(19)20/h5-6,10-11,18H,4,7,17H2,1-3H3,(H,19,20). The van der Waals surface area contributed by atoms with Gasteiger partial charge in [-0.1, -0.05) is 13.8 Å². The Morgan fingerprint density at radius 2 is 2.24 bits per heavy atom. The van der Waals surface area contributed by atoms with Crippen LogP contribution in [0.2, 0.25) is 0 Å². The minimum atomic E-state index is -1.24. The van der Waals surface area contributed by atoms with Crippen molar-refractivity contribution in [2.75, 3.05) is 17.7 Å². The zero-order chi connectivity index (χ0) is 15.8. The van der Waals surface area contributed by atoms with E-state index in [1.165, 1.54) is 12.1 Å². The van der Waals surface area contributed by atoms with Gasteiger partial charge >= 0.3 is 5.97 Å². The molecule has 0 spiro atoms. The molecule has 5 nitrogen and oxygen atoms in total. The van der Waals surface area contributed by atoms with Gasteiger partial charge in [0, 0.05) is 18.1 Å². The summed E-state index contributed by atoms with van der Waals surface area (Å²) in [6, 6.07) is 2.65. The van der Waals surface area contributed by atoms with E-state index >= 15 is 0 Å². The van der Waals surface area contributed by atoms with Gasteiger partial charge in [-0.15, -0.1) is 0 Å². The summed E-state index contributed by atoms with van der Waals surface area (Å²) in [5.74, 6) is -1.97. The highest BCUT2D eigenvalue weighted by atomic mass is 19.1. The average Bonchev–Trinajstić information content (AvgIpc) is 2.41. The van der Waals surface area contributed by atoms with E-state index < -0.39 is 11.8 Å². The lowest BCUT2D eigenvalue weighted by molar-refractivity contribution is -0.0976. The first kappa shape index (κ1) is 15.6. The van der Waals surface area contributed by atoms with Crippen molar-refractivity contribution in [3.63, 3.8) is 0 Å². The summed E-state index contributed by atoms with van der Waals surface area (Å²) in [5.41, 5.74) is 5.19. The molecule has 0 saturated heterocycles. The van der Waals surface area contributed by atoms with Gasteiger partial charge in [-0.25, -0.2) is 9.18 Å². The van der Waals surface area contributed by atoms with Crippen molar-refractivity contribution in [1.29, 1.82) is 0 Å². The molecule has 0 amide bonds. The van der Waals surface area contributed by atoms with Gasteiger partial charge in [0.1, 0.15) is 11.4 Å². The van der Waals surface area contributed by atoms with Gasteiger partial charge in [0.05, 0.1) is 17.5 Å². The van der Waals surface area contributed by atoms with Crippen LogP contribution in [0.5, 0.6) is 0 Å². The lowest BCUT2D eigenvalue weighted by atomic mass is 9.64. The molecule has 1 aliphatic carbocycles. The third-order valence-electron chi connectivity index (χ3n) is 4.28. The Morgan fingerprint density at radius 1 is 1.57 bits per heavy atom. The molecule has 1 aromatic rings. The van der Waals surface area contributed by atoms with Crippen molar-refractivity contribution >= 4 is 17.3 Å². The molecule has 0 radical (unpaired) electrons. The number of benzene rings is 1. The predicted molar refractivity (Wildman–Crippen MR) is 79.0 cm³/mol. The van der Waals surface area contributed by atoms with Crippen LogP contribution in [0.4, 0.5) is 15.8 Å². The summed E-state index contributed by atoms with van der Waals surface area (Å²) in [4.78, 5) is 11.3. The van der Waals surface area contributed by atoms with Crippen LogP contribution in [-0.4, -0.2) is 29.8 Å². The van der Waals surface area contributed by atoms with Crippen molar-refractivity contribution in [2.24, 2.45) is 5.41 Å². The first-order valence-electron chi connectivity index (χ1n) is 6.98. The molecule has 2 unspecified atom stereocenters. The molecule has 6 heteroatoms. The highest BCUT2D eigenvalue weighted by Gasteiger charge is 2.49. The number of anilines is 2. The predicted octanol–water partition coefficient (Wildman–Crippen LogP) is 2.72. The lowest BCUT2D eigenvalue weighted by Gasteiger charge is -2.52. The van der Waals surface area contributed by atoms with E-state index in [0.717, 1.165) is 6.42 Å². The molecule has 0 heterocycles. The quantitative estimate of drug-likeness (QED) is 0.728. The smallest absolute Gasteiger partial charge is 0.340 e. The van der Waals surface area contributed by atoms with Crippen molar-refractivity contribution < 1.29 is 19.0 Å². The van der Waals surface area contributed by atoms with E-state index in [1.807, 2.05) is 6.92 Å². The van der Waals surface area contributed by atoms with Crippen LogP contribution < -0.4 is 11.1 Å². The minimum Gasteiger partial charge on any atom is -0.478 e. The van der Waals surface area contributed by atoms with E-state index in [0.29, 0.717) is 12.3 Å². The summed E-state index contributed by atoms with van der Waals surface area (Å²) >= 11 is 0. The summed E-state index contributed by atoms with van der Waals surface area (Å²) in [6.07, 6.45) is 0.906. The molecule has 0 bridgehead atoms. The van der Waals surface area contributed by atoms with Crippen LogP contribution in [0.25, 0.3) is 0 Å². The molecule has 0 aliphatic heterocycles. The number of carboxylic acids is 1. The van der Waals surface area contributed by atoms with Crippen molar-refractivity contribution in [1.82, 2.24) is 0 Å². The average molecular weight is 296 g/mol. The molecule has 21 heavy (non-hydrogen) atoms. The van der Waals surface area contributed by atoms with Crippen molar-refractivity contribution in [2.45, 2.75) is 39.3 Å². The number of nitrogen functional groups attached to an aromatic ring is 1. The number of aromatic carboxylic acids is 1. The van der Waals surface area contributed by atoms with Crippen molar-refractivity contribution in [3.05, 3.63) is 23.5 Å². The van der Waals surface area contributed by atoms with Crippen LogP contribution in [0.15, 0.2) is 12.1 Å². The number of halogens is 1. The normalized spacial score (nSPS) is 23.4. The van der Waals surface area contributed by atoms with Crippen LogP contribution in [0, 0.1) is 11.2 Å². The third kappa shape index (κ3) is 2.68. The molecule has 2 atom stereocenters. The number of carboxylic acid groups (broad SMARTS) is 1. The van der Waals surface area contributed by atoms with Gasteiger partial charge in [0.25, 0.3) is 0 Å². The zero-order valence-electron chi connectivity index (χ0n) is 12.4. The molecule has 1 saturated carbocycles. The number of hydrogen-bond acceptors (Lipinski definition) is 4. The largest absolute Gasteiger partial charge is 0.478 e. The maximum atomic E-state index is 13.4. The Labute approximate surface area is 123 Å². The Bertz CT molecular complexity index is 560. The van der Waals surface area contributed by atoms with Crippen molar-refractivity contribution in [3.8, 4) is 0 Å². The molecule has 4 N–H and O–H groups in total. The number of nitrogens with two attached hydrogens (primary N) is 1. The van der Waals surface area contributed by atoms with Crippen LogP contribution in [0.1, 0.15) is 37.6 Å². The van der Waals surface area contributed by atoms with Gasteiger partial charge in [0.2, 0.25) is 0 Å². The monoisotopic (exact) mass is 296 g/mol. The number of ether oxygens (including phenoxy) is 1. The minimum absolute atomic E-state index is 0.0528. The first-order valence-corrected chi connectivity index (χ1v) is 6.98. The van der Waals surface area contributed by atoms with E-state index in [2.05, 4.69) is 19.2 Å². The highest BCUT2D eigenvalue weighted by Crippen LogP contribution is 2.45. The van der Waals surface area contributed by atoms with E-state index in [9.17, 15) is 14.3 Å². The molecule has 1 fully saturated rings. The van der Waals surface area contributed by atoms with E-state index in [1.54, 1.807) is 0 Å². The van der Waals surface area contributed by atoms with Crippen LogP contribution >= 0.6 is 0 Å². The van der Waals surface area contributed by atoms with Gasteiger partial charge in [-0.2, -0.15) is 0 Å². The maximum Gasteiger partial charge on any atom is 0.340 e. The van der Waals surface area contributed by atoms with Gasteiger partial charge < -0.3 is 20.9 Å². The maximum absolute atomic E-state index is 13.4. The third-order valence-corrected chi connectivity index (χ3v) is 4.28. The lowest BCUT2D eigenvalue weighted by Crippen LogP contribution is -2.58. The Morgan fingerprint density at radius 3 is 2.76 bits per heavy atom. The SMILES string of the molecule is CCOC1CC(Nc2ccc(F)c(N)c2C(=O)O)C1(C)C. The molecule has 1 aromatic carbocycles. The fraction of sp³-hybridized carbons (Fsp3) is 0.533. The molecular formula is C15H21FN2O3. The number of nitrogens with one attached hydrogen (secondary N) is 1. The summed E-state index contributed by atoms with van der Waals surface area (Å²) in [6.45, 7) is 6.70. The Hall–Kier alpha value is -1.82. The summed E-state index contributed by atoms with van der Waals surface area (Å²) in [5, 5.41) is 12.4. The first-order chi connectivity index (χ1) is 9.78. The second-order valence-corrected chi connectivity index (χ2v) is 5.89. The second kappa shape index (κ2) is 5.52. The van der Waals surface area contributed by atoms with E-state index in [-0.39, 0.29) is 28.8 Å². The molecular weight excluding hydrogens is 275 g/mol. The summed E-state index contributed by atoms with van der Waals surface area (Å²) in [7, 11) is 0. The zero-order valence-corrected chi connectivity index (χ0v) is 12.4. The second-order valence-electron chi connectivity index (χ2n) is 5.89. The number of hydrogen-bond donors (Lipinski definition) is 3. The van der Waals surface area contributed by atoms with Crippen LogP contribution in [0.3, 0.4) is 0 Å². The topological polar surface area (TPSA) is 84.6 Å². The Balaban J connectivity index is 2.22. The number of carbonyl (C=O) groups is 1. The number of rotatable bonds is 5. The molecule has 116 valence electrons. The van der Waals surface area contributed by atoms with Crippen LogP contribution in [-0.2, 0) is 4.74 Å². The fourth-order valence-corrected chi connectivity index (χ4v) is 2.75. The van der Waals surface area contributed by atoms with E-state index in [4.69, 9.17) is 10.5 Å². The van der Waals surface area contributed by atoms with Gasteiger partial charge in [-0.05, 0) is 25.5 Å². The van der Waals surface area contributed by atoms with Gasteiger partial charge in [-0.3, -0.25) is 0 Å². The highest BCUT2D eigenvalue weighted by molar-refractivity contribution is 6.00. The van der Waals surface area contributed by atoms with Gasteiger partial charge in [0.15, 0.2) is 0 Å². The fourth-order valence-electron chi connectivity index (χ4n) is 2.75. The molecule has 0 aromatic heterocycles.